The highest BCUT2D eigenvalue weighted by Crippen LogP contribution is 2.33. The second-order valence-electron chi connectivity index (χ2n) is 4.59. The van der Waals surface area contributed by atoms with Crippen molar-refractivity contribution in [3.8, 4) is 17.2 Å². The Kier molecular flexibility index (Phi) is 5.19. The van der Waals surface area contributed by atoms with Gasteiger partial charge < -0.3 is 19.3 Å². The Morgan fingerprint density at radius 2 is 1.74 bits per heavy atom. The van der Waals surface area contributed by atoms with E-state index in [1.165, 1.54) is 26.4 Å². The van der Waals surface area contributed by atoms with Gasteiger partial charge in [0, 0.05) is 12.1 Å². The summed E-state index contributed by atoms with van der Waals surface area (Å²) >= 11 is 0. The van der Waals surface area contributed by atoms with Gasteiger partial charge in [0.1, 0.15) is 22.8 Å². The van der Waals surface area contributed by atoms with E-state index in [2.05, 4.69) is 0 Å². The Morgan fingerprint density at radius 1 is 1.04 bits per heavy atom. The fraction of sp³-hybridized carbons (Fsp3) is 0.176. The molecule has 0 aliphatic heterocycles. The first-order chi connectivity index (χ1) is 11.1. The van der Waals surface area contributed by atoms with E-state index in [1.54, 1.807) is 30.3 Å². The van der Waals surface area contributed by atoms with Gasteiger partial charge in [-0.25, -0.2) is 4.79 Å². The Hall–Kier alpha value is -3.02. The standard InChI is InChI=1S/C17H16O6/c1-21-12-8-13(18)16(15(9-12)22-2)14(19)10-23-17(20)11-6-4-3-5-7-11/h3-9,18H,10H2,1-2H3. The third-order valence-electron chi connectivity index (χ3n) is 3.13. The van der Waals surface area contributed by atoms with Gasteiger partial charge in [-0.3, -0.25) is 4.79 Å². The zero-order chi connectivity index (χ0) is 16.8. The molecule has 2 aromatic rings. The molecular formula is C17H16O6. The molecule has 6 heteroatoms. The summed E-state index contributed by atoms with van der Waals surface area (Å²) in [5.74, 6) is -1.01. The number of carbonyl (C=O) groups is 2. The summed E-state index contributed by atoms with van der Waals surface area (Å²) in [5, 5.41) is 9.97. The fourth-order valence-corrected chi connectivity index (χ4v) is 2.00. The first-order valence-corrected chi connectivity index (χ1v) is 6.77. The minimum atomic E-state index is -0.620. The number of methoxy groups -OCH3 is 2. The summed E-state index contributed by atoms with van der Waals surface area (Å²) in [6, 6.07) is 11.1. The van der Waals surface area contributed by atoms with E-state index in [0.717, 1.165) is 0 Å². The third-order valence-corrected chi connectivity index (χ3v) is 3.13. The largest absolute Gasteiger partial charge is 0.507 e. The van der Waals surface area contributed by atoms with E-state index >= 15 is 0 Å². The summed E-state index contributed by atoms with van der Waals surface area (Å²) < 4.78 is 15.0. The van der Waals surface area contributed by atoms with Crippen molar-refractivity contribution in [3.63, 3.8) is 0 Å². The molecule has 23 heavy (non-hydrogen) atoms. The number of rotatable bonds is 6. The summed E-state index contributed by atoms with van der Waals surface area (Å²) in [6.07, 6.45) is 0. The number of phenolic OH excluding ortho intramolecular Hbond substituents is 1. The van der Waals surface area contributed by atoms with Crippen LogP contribution >= 0.6 is 0 Å². The Morgan fingerprint density at radius 3 is 2.35 bits per heavy atom. The minimum absolute atomic E-state index is 0.0610. The summed E-state index contributed by atoms with van der Waals surface area (Å²) in [4.78, 5) is 24.1. The molecule has 0 aliphatic carbocycles. The number of hydrogen-bond donors (Lipinski definition) is 1. The van der Waals surface area contributed by atoms with Crippen LogP contribution in [0.4, 0.5) is 0 Å². The van der Waals surface area contributed by atoms with Crippen molar-refractivity contribution in [2.45, 2.75) is 0 Å². The molecule has 0 spiro atoms. The summed E-state index contributed by atoms with van der Waals surface area (Å²) in [7, 11) is 2.79. The van der Waals surface area contributed by atoms with Gasteiger partial charge in [-0.15, -0.1) is 0 Å². The van der Waals surface area contributed by atoms with Crippen LogP contribution in [-0.4, -0.2) is 37.7 Å². The molecule has 0 unspecified atom stereocenters. The second kappa shape index (κ2) is 7.31. The highest BCUT2D eigenvalue weighted by molar-refractivity contribution is 6.03. The molecule has 0 aliphatic rings. The number of Topliss-reactive ketones (excluding diaryl/α,β-unsaturated/α-hetero) is 1. The normalized spacial score (nSPS) is 10.0. The van der Waals surface area contributed by atoms with E-state index in [-0.39, 0.29) is 17.1 Å². The lowest BCUT2D eigenvalue weighted by molar-refractivity contribution is 0.0473. The number of aromatic hydroxyl groups is 1. The molecule has 0 aromatic heterocycles. The molecule has 0 radical (unpaired) electrons. The molecule has 0 bridgehead atoms. The molecule has 0 amide bonds. The van der Waals surface area contributed by atoms with Crippen LogP contribution in [0.1, 0.15) is 20.7 Å². The molecule has 2 rings (SSSR count). The number of ketones is 1. The van der Waals surface area contributed by atoms with Gasteiger partial charge >= 0.3 is 5.97 Å². The summed E-state index contributed by atoms with van der Waals surface area (Å²) in [5.41, 5.74) is 0.278. The maximum absolute atomic E-state index is 12.2. The predicted molar refractivity (Wildman–Crippen MR) is 82.3 cm³/mol. The average molecular weight is 316 g/mol. The Labute approximate surface area is 133 Å². The third kappa shape index (κ3) is 3.79. The molecule has 0 saturated heterocycles. The molecule has 1 N–H and O–H groups in total. The van der Waals surface area contributed by atoms with Crippen molar-refractivity contribution in [3.05, 3.63) is 53.6 Å². The average Bonchev–Trinajstić information content (AvgIpc) is 2.59. The van der Waals surface area contributed by atoms with Crippen LogP contribution in [0.5, 0.6) is 17.2 Å². The van der Waals surface area contributed by atoms with Crippen LogP contribution < -0.4 is 9.47 Å². The van der Waals surface area contributed by atoms with Crippen LogP contribution in [-0.2, 0) is 4.74 Å². The molecule has 0 saturated carbocycles. The zero-order valence-corrected chi connectivity index (χ0v) is 12.7. The van der Waals surface area contributed by atoms with Gasteiger partial charge in [0.15, 0.2) is 6.61 Å². The molecule has 2 aromatic carbocycles. The van der Waals surface area contributed by atoms with Crippen LogP contribution in [0.25, 0.3) is 0 Å². The molecule has 0 fully saturated rings. The SMILES string of the molecule is COc1cc(O)c(C(=O)COC(=O)c2ccccc2)c(OC)c1. The van der Waals surface area contributed by atoms with E-state index in [1.807, 2.05) is 0 Å². The van der Waals surface area contributed by atoms with E-state index in [0.29, 0.717) is 11.3 Å². The maximum atomic E-state index is 12.2. The van der Waals surface area contributed by atoms with E-state index < -0.39 is 18.4 Å². The second-order valence-corrected chi connectivity index (χ2v) is 4.59. The quantitative estimate of drug-likeness (QED) is 0.651. The number of esters is 1. The van der Waals surface area contributed by atoms with Crippen molar-refractivity contribution in [2.24, 2.45) is 0 Å². The lowest BCUT2D eigenvalue weighted by Gasteiger charge is -2.12. The van der Waals surface area contributed by atoms with Gasteiger partial charge in [0.25, 0.3) is 0 Å². The van der Waals surface area contributed by atoms with Crippen LogP contribution in [0, 0.1) is 0 Å². The van der Waals surface area contributed by atoms with Crippen molar-refractivity contribution < 1.29 is 28.9 Å². The number of benzene rings is 2. The first-order valence-electron chi connectivity index (χ1n) is 6.77. The van der Waals surface area contributed by atoms with Crippen LogP contribution in [0.3, 0.4) is 0 Å². The van der Waals surface area contributed by atoms with Gasteiger partial charge in [0.2, 0.25) is 5.78 Å². The zero-order valence-electron chi connectivity index (χ0n) is 12.7. The maximum Gasteiger partial charge on any atom is 0.338 e. The monoisotopic (exact) mass is 316 g/mol. The molecule has 120 valence electrons. The lowest BCUT2D eigenvalue weighted by atomic mass is 10.1. The van der Waals surface area contributed by atoms with E-state index in [4.69, 9.17) is 14.2 Å². The van der Waals surface area contributed by atoms with Crippen LogP contribution in [0.2, 0.25) is 0 Å². The van der Waals surface area contributed by atoms with Gasteiger partial charge in [-0.05, 0) is 12.1 Å². The lowest BCUT2D eigenvalue weighted by Crippen LogP contribution is -2.15. The van der Waals surface area contributed by atoms with Crippen molar-refractivity contribution in [2.75, 3.05) is 20.8 Å². The van der Waals surface area contributed by atoms with Crippen molar-refractivity contribution >= 4 is 11.8 Å². The number of hydrogen-bond acceptors (Lipinski definition) is 6. The number of carbonyl (C=O) groups excluding carboxylic acids is 2. The molecule has 6 nitrogen and oxygen atoms in total. The Bertz CT molecular complexity index is 709. The van der Waals surface area contributed by atoms with Gasteiger partial charge in [-0.2, -0.15) is 0 Å². The Balaban J connectivity index is 2.13. The number of ether oxygens (including phenoxy) is 3. The van der Waals surface area contributed by atoms with Crippen LogP contribution in [0.15, 0.2) is 42.5 Å². The molecule has 0 heterocycles. The number of phenols is 1. The predicted octanol–water partition coefficient (Wildman–Crippen LogP) is 2.45. The molecule has 0 atom stereocenters. The van der Waals surface area contributed by atoms with Crippen molar-refractivity contribution in [1.29, 1.82) is 0 Å². The fourth-order valence-electron chi connectivity index (χ4n) is 2.00. The topological polar surface area (TPSA) is 82.1 Å². The van der Waals surface area contributed by atoms with Crippen molar-refractivity contribution in [1.82, 2.24) is 0 Å². The summed E-state index contributed by atoms with van der Waals surface area (Å²) in [6.45, 7) is -0.510. The first kappa shape index (κ1) is 16.4. The molecular weight excluding hydrogens is 300 g/mol. The highest BCUT2D eigenvalue weighted by Gasteiger charge is 2.21. The van der Waals surface area contributed by atoms with Gasteiger partial charge in [0.05, 0.1) is 19.8 Å². The highest BCUT2D eigenvalue weighted by atomic mass is 16.5. The van der Waals surface area contributed by atoms with Gasteiger partial charge in [-0.1, -0.05) is 18.2 Å². The minimum Gasteiger partial charge on any atom is -0.507 e. The smallest absolute Gasteiger partial charge is 0.338 e. The van der Waals surface area contributed by atoms with E-state index in [9.17, 15) is 14.7 Å².